The predicted molar refractivity (Wildman–Crippen MR) is 128 cm³/mol. The van der Waals surface area contributed by atoms with Crippen LogP contribution in [0.2, 0.25) is 0 Å². The first-order valence-corrected chi connectivity index (χ1v) is 11.6. The van der Waals surface area contributed by atoms with E-state index in [1.165, 1.54) is 11.3 Å². The summed E-state index contributed by atoms with van der Waals surface area (Å²) in [6.45, 7) is 12.4. The van der Waals surface area contributed by atoms with Gasteiger partial charge in [-0.15, -0.1) is 11.3 Å². The van der Waals surface area contributed by atoms with Crippen LogP contribution in [0.5, 0.6) is 0 Å². The molecule has 0 bridgehead atoms. The van der Waals surface area contributed by atoms with E-state index in [2.05, 4.69) is 39.6 Å². The molecule has 6 nitrogen and oxygen atoms in total. The van der Waals surface area contributed by atoms with E-state index >= 15 is 0 Å². The third kappa shape index (κ3) is 6.38. The lowest BCUT2D eigenvalue weighted by Crippen LogP contribution is -2.47. The second-order valence-corrected chi connectivity index (χ2v) is 10.4. The second kappa shape index (κ2) is 9.94. The van der Waals surface area contributed by atoms with Crippen molar-refractivity contribution in [1.29, 1.82) is 0 Å². The Bertz CT molecular complexity index is 896. The SMILES string of the molecule is Cc1cc(NC(=O)C(C)(C)C)sc1C(=O)NC(CN1CCN(C)CC1)c1ccccc1. The van der Waals surface area contributed by atoms with E-state index in [1.54, 1.807) is 0 Å². The molecule has 168 valence electrons. The standard InChI is InChI=1S/C24H34N4O2S/c1-17-15-20(26-23(30)24(2,3)4)31-21(17)22(29)25-19(18-9-7-6-8-10-18)16-28-13-11-27(5)12-14-28/h6-10,15,19H,11-14,16H2,1-5H3,(H,25,29)(H,26,30). The molecule has 0 spiro atoms. The Kier molecular flexibility index (Phi) is 7.51. The van der Waals surface area contributed by atoms with E-state index in [0.29, 0.717) is 9.88 Å². The zero-order valence-corrected chi connectivity index (χ0v) is 20.0. The summed E-state index contributed by atoms with van der Waals surface area (Å²) in [6.07, 6.45) is 0. The van der Waals surface area contributed by atoms with Crippen LogP contribution in [0, 0.1) is 12.3 Å². The van der Waals surface area contributed by atoms with E-state index in [-0.39, 0.29) is 17.9 Å². The van der Waals surface area contributed by atoms with Crippen molar-refractivity contribution in [2.45, 2.75) is 33.7 Å². The highest BCUT2D eigenvalue weighted by Gasteiger charge is 2.25. The minimum Gasteiger partial charge on any atom is -0.343 e. The van der Waals surface area contributed by atoms with Gasteiger partial charge >= 0.3 is 0 Å². The lowest BCUT2D eigenvalue weighted by molar-refractivity contribution is -0.123. The predicted octanol–water partition coefficient (Wildman–Crippen LogP) is 3.76. The number of hydrogen-bond acceptors (Lipinski definition) is 5. The Morgan fingerprint density at radius 3 is 2.35 bits per heavy atom. The first kappa shape index (κ1) is 23.4. The normalized spacial score (nSPS) is 16.7. The molecule has 2 N–H and O–H groups in total. The van der Waals surface area contributed by atoms with Crippen LogP contribution < -0.4 is 10.6 Å². The fraction of sp³-hybridized carbons (Fsp3) is 0.500. The molecule has 1 saturated heterocycles. The Morgan fingerprint density at radius 2 is 1.74 bits per heavy atom. The summed E-state index contributed by atoms with van der Waals surface area (Å²) >= 11 is 1.33. The summed E-state index contributed by atoms with van der Waals surface area (Å²) in [4.78, 5) is 30.9. The quantitative estimate of drug-likeness (QED) is 0.715. The van der Waals surface area contributed by atoms with Gasteiger partial charge in [0.1, 0.15) is 0 Å². The highest BCUT2D eigenvalue weighted by molar-refractivity contribution is 7.18. The smallest absolute Gasteiger partial charge is 0.262 e. The van der Waals surface area contributed by atoms with E-state index in [0.717, 1.165) is 43.9 Å². The molecule has 1 aromatic carbocycles. The van der Waals surface area contributed by atoms with Crippen LogP contribution in [-0.4, -0.2) is 61.4 Å². The number of amides is 2. The summed E-state index contributed by atoms with van der Waals surface area (Å²) in [7, 11) is 2.14. The number of benzene rings is 1. The Labute approximate surface area is 189 Å². The fourth-order valence-electron chi connectivity index (χ4n) is 3.50. The van der Waals surface area contributed by atoms with E-state index in [4.69, 9.17) is 0 Å². The molecule has 1 atom stereocenters. The molecule has 0 aliphatic carbocycles. The molecule has 7 heteroatoms. The minimum absolute atomic E-state index is 0.0575. The summed E-state index contributed by atoms with van der Waals surface area (Å²) < 4.78 is 0. The maximum Gasteiger partial charge on any atom is 0.262 e. The van der Waals surface area contributed by atoms with Gasteiger partial charge in [-0.25, -0.2) is 0 Å². The molecule has 1 fully saturated rings. The Balaban J connectivity index is 1.73. The number of hydrogen-bond donors (Lipinski definition) is 2. The molecule has 1 aromatic heterocycles. The van der Waals surface area contributed by atoms with Gasteiger partial charge in [0.15, 0.2) is 0 Å². The lowest BCUT2D eigenvalue weighted by Gasteiger charge is -2.35. The number of anilines is 1. The van der Waals surface area contributed by atoms with E-state index in [9.17, 15) is 9.59 Å². The maximum atomic E-state index is 13.2. The van der Waals surface area contributed by atoms with E-state index in [1.807, 2.05) is 52.0 Å². The molecule has 2 heterocycles. The lowest BCUT2D eigenvalue weighted by atomic mass is 9.96. The van der Waals surface area contributed by atoms with Gasteiger partial charge in [-0.2, -0.15) is 0 Å². The minimum atomic E-state index is -0.485. The monoisotopic (exact) mass is 442 g/mol. The molecule has 0 saturated carbocycles. The van der Waals surface area contributed by atoms with Crippen LogP contribution in [0.4, 0.5) is 5.00 Å². The van der Waals surface area contributed by atoms with Crippen molar-refractivity contribution >= 4 is 28.2 Å². The fourth-order valence-corrected chi connectivity index (χ4v) is 4.47. The molecule has 1 aliphatic rings. The summed E-state index contributed by atoms with van der Waals surface area (Å²) in [5.74, 6) is -0.153. The average molecular weight is 443 g/mol. The van der Waals surface area contributed by atoms with Crippen LogP contribution in [0.3, 0.4) is 0 Å². The number of aryl methyl sites for hydroxylation is 1. The Hall–Kier alpha value is -2.22. The third-order valence-corrected chi connectivity index (χ3v) is 6.74. The van der Waals surface area contributed by atoms with Crippen molar-refractivity contribution in [3.05, 3.63) is 52.4 Å². The number of nitrogens with one attached hydrogen (secondary N) is 2. The highest BCUT2D eigenvalue weighted by atomic mass is 32.1. The maximum absolute atomic E-state index is 13.2. The molecule has 1 unspecified atom stereocenters. The van der Waals surface area contributed by atoms with Crippen LogP contribution in [-0.2, 0) is 4.79 Å². The van der Waals surface area contributed by atoms with Crippen molar-refractivity contribution in [2.24, 2.45) is 5.41 Å². The first-order chi connectivity index (χ1) is 14.6. The molecule has 3 rings (SSSR count). The number of thiophene rings is 1. The second-order valence-electron chi connectivity index (χ2n) is 9.37. The van der Waals surface area contributed by atoms with Crippen LogP contribution in [0.1, 0.15) is 47.6 Å². The Morgan fingerprint density at radius 1 is 1.10 bits per heavy atom. The van der Waals surface area contributed by atoms with Gasteiger partial charge in [0.25, 0.3) is 5.91 Å². The molecule has 31 heavy (non-hydrogen) atoms. The first-order valence-electron chi connectivity index (χ1n) is 10.8. The number of piperazine rings is 1. The van der Waals surface area contributed by atoms with Crippen LogP contribution in [0.15, 0.2) is 36.4 Å². The zero-order valence-electron chi connectivity index (χ0n) is 19.2. The van der Waals surface area contributed by atoms with Gasteiger partial charge in [-0.1, -0.05) is 51.1 Å². The van der Waals surface area contributed by atoms with Crippen LogP contribution >= 0.6 is 11.3 Å². The number of rotatable bonds is 6. The molecule has 1 aliphatic heterocycles. The third-order valence-electron chi connectivity index (χ3n) is 5.59. The number of likely N-dealkylation sites (N-methyl/N-ethyl adjacent to an activating group) is 1. The van der Waals surface area contributed by atoms with Gasteiger partial charge in [-0.3, -0.25) is 14.5 Å². The van der Waals surface area contributed by atoms with Gasteiger partial charge in [0.2, 0.25) is 5.91 Å². The highest BCUT2D eigenvalue weighted by Crippen LogP contribution is 2.29. The topological polar surface area (TPSA) is 64.7 Å². The van der Waals surface area contributed by atoms with Crippen LogP contribution in [0.25, 0.3) is 0 Å². The zero-order chi connectivity index (χ0) is 22.6. The number of nitrogens with zero attached hydrogens (tertiary/aromatic N) is 2. The van der Waals surface area contributed by atoms with Crippen molar-refractivity contribution < 1.29 is 9.59 Å². The summed E-state index contributed by atoms with van der Waals surface area (Å²) in [5, 5.41) is 6.90. The van der Waals surface area contributed by atoms with Gasteiger partial charge in [0, 0.05) is 38.1 Å². The molecular formula is C24H34N4O2S. The van der Waals surface area contributed by atoms with Crippen molar-refractivity contribution in [1.82, 2.24) is 15.1 Å². The number of carbonyl (C=O) groups excluding carboxylic acids is 2. The molecule has 2 amide bonds. The van der Waals surface area contributed by atoms with Gasteiger partial charge in [0.05, 0.1) is 15.9 Å². The van der Waals surface area contributed by atoms with E-state index < -0.39 is 5.41 Å². The van der Waals surface area contributed by atoms with Gasteiger partial charge < -0.3 is 15.5 Å². The molecular weight excluding hydrogens is 408 g/mol. The largest absolute Gasteiger partial charge is 0.343 e. The van der Waals surface area contributed by atoms with Crippen molar-refractivity contribution in [3.8, 4) is 0 Å². The summed E-state index contributed by atoms with van der Waals surface area (Å²) in [6, 6.07) is 11.9. The molecule has 2 aromatic rings. The van der Waals surface area contributed by atoms with Crippen molar-refractivity contribution in [3.63, 3.8) is 0 Å². The van der Waals surface area contributed by atoms with Gasteiger partial charge in [-0.05, 0) is 31.2 Å². The number of carbonyl (C=O) groups is 2. The summed E-state index contributed by atoms with van der Waals surface area (Å²) in [5.41, 5.74) is 1.49. The average Bonchev–Trinajstić information content (AvgIpc) is 3.09. The van der Waals surface area contributed by atoms with Crippen molar-refractivity contribution in [2.75, 3.05) is 45.1 Å². The molecule has 0 radical (unpaired) electrons.